The van der Waals surface area contributed by atoms with Crippen molar-refractivity contribution in [3.63, 3.8) is 0 Å². The third kappa shape index (κ3) is 3.14. The molecule has 1 aliphatic carbocycles. The quantitative estimate of drug-likeness (QED) is 0.142. The third-order valence-corrected chi connectivity index (χ3v) is 8.57. The van der Waals surface area contributed by atoms with Crippen molar-refractivity contribution in [2.75, 3.05) is 16.8 Å². The van der Waals surface area contributed by atoms with Crippen molar-refractivity contribution >= 4 is 59.2 Å². The topological polar surface area (TPSA) is 3.24 Å². The molecule has 0 amide bonds. The molecule has 4 heteroatoms. The van der Waals surface area contributed by atoms with Gasteiger partial charge < -0.3 is 4.90 Å². The minimum Gasteiger partial charge on any atom is -0.341 e. The molecule has 0 bridgehead atoms. The van der Waals surface area contributed by atoms with Gasteiger partial charge in [-0.05, 0) is 82.6 Å². The molecule has 4 aromatic rings. The Kier molecular flexibility index (Phi) is 5.51. The van der Waals surface area contributed by atoms with Crippen LogP contribution in [0.3, 0.4) is 0 Å². The van der Waals surface area contributed by atoms with E-state index in [0.29, 0.717) is 0 Å². The standard InChI is InChI=1S/C29H22Br3N/c30-15-5-6-16-33-27-9-3-1-7-23(27)29(24-8-2-4-10-28(24)33)25-17-19(31)11-13-21(25)22-14-12-20(32)18-26(22)29/h1-4,7-14,17-18H,5-6,15-16H2. The molecule has 0 atom stereocenters. The Balaban J connectivity index is 1.73. The Morgan fingerprint density at radius 3 is 1.64 bits per heavy atom. The van der Waals surface area contributed by atoms with Gasteiger partial charge in [0.15, 0.2) is 0 Å². The van der Waals surface area contributed by atoms with E-state index >= 15 is 0 Å². The van der Waals surface area contributed by atoms with E-state index in [1.807, 2.05) is 0 Å². The summed E-state index contributed by atoms with van der Waals surface area (Å²) >= 11 is 11.2. The zero-order valence-corrected chi connectivity index (χ0v) is 22.8. The first-order valence-corrected chi connectivity index (χ1v) is 14.0. The van der Waals surface area contributed by atoms with Gasteiger partial charge in [-0.2, -0.15) is 0 Å². The molecule has 0 unspecified atom stereocenters. The van der Waals surface area contributed by atoms with Gasteiger partial charge in [-0.25, -0.2) is 0 Å². The maximum absolute atomic E-state index is 3.78. The van der Waals surface area contributed by atoms with Crippen LogP contribution in [-0.4, -0.2) is 11.9 Å². The average Bonchev–Trinajstić information content (AvgIpc) is 3.11. The number of anilines is 2. The van der Waals surface area contributed by atoms with Crippen molar-refractivity contribution in [2.24, 2.45) is 0 Å². The van der Waals surface area contributed by atoms with E-state index in [9.17, 15) is 0 Å². The molecule has 1 spiro atoms. The van der Waals surface area contributed by atoms with Crippen molar-refractivity contribution in [1.29, 1.82) is 0 Å². The number of para-hydroxylation sites is 2. The van der Waals surface area contributed by atoms with Crippen molar-refractivity contribution in [2.45, 2.75) is 18.3 Å². The third-order valence-electron chi connectivity index (χ3n) is 7.02. The SMILES string of the molecule is BrCCCCN1c2ccccc2C2(c3cc(Br)ccc3-c3ccc(Br)cc32)c2ccccc21. The molecule has 0 radical (unpaired) electrons. The van der Waals surface area contributed by atoms with Crippen LogP contribution in [-0.2, 0) is 5.41 Å². The van der Waals surface area contributed by atoms with Crippen molar-refractivity contribution in [3.05, 3.63) is 116 Å². The number of halogens is 3. The van der Waals surface area contributed by atoms with E-state index in [0.717, 1.165) is 33.7 Å². The van der Waals surface area contributed by atoms with Crippen LogP contribution >= 0.6 is 47.8 Å². The molecule has 4 aromatic carbocycles. The zero-order chi connectivity index (χ0) is 22.6. The number of hydrogen-bond donors (Lipinski definition) is 0. The summed E-state index contributed by atoms with van der Waals surface area (Å²) < 4.78 is 2.23. The highest BCUT2D eigenvalue weighted by Gasteiger charge is 2.51. The highest BCUT2D eigenvalue weighted by atomic mass is 79.9. The van der Waals surface area contributed by atoms with Crippen LogP contribution in [0.2, 0.25) is 0 Å². The molecule has 0 fully saturated rings. The number of fused-ring (bicyclic) bond motifs is 9. The molecule has 1 aliphatic heterocycles. The largest absolute Gasteiger partial charge is 0.341 e. The molecule has 0 aromatic heterocycles. The minimum atomic E-state index is -0.350. The normalized spacial score (nSPS) is 14.6. The fourth-order valence-corrected chi connectivity index (χ4v) is 6.90. The second kappa shape index (κ2) is 8.41. The minimum absolute atomic E-state index is 0.350. The summed E-state index contributed by atoms with van der Waals surface area (Å²) in [5.74, 6) is 0. The molecule has 1 heterocycles. The summed E-state index contributed by atoms with van der Waals surface area (Å²) in [6.07, 6.45) is 2.31. The Morgan fingerprint density at radius 2 is 1.12 bits per heavy atom. The lowest BCUT2D eigenvalue weighted by Crippen LogP contribution is -2.38. The number of alkyl halides is 1. The van der Waals surface area contributed by atoms with Crippen LogP contribution in [0.15, 0.2) is 93.9 Å². The molecule has 0 N–H and O–H groups in total. The average molecular weight is 624 g/mol. The first-order valence-electron chi connectivity index (χ1n) is 11.3. The van der Waals surface area contributed by atoms with Crippen LogP contribution < -0.4 is 4.90 Å². The second-order valence-corrected chi connectivity index (χ2v) is 11.3. The Hall–Kier alpha value is -1.88. The summed E-state index contributed by atoms with van der Waals surface area (Å²) in [6.45, 7) is 1.01. The van der Waals surface area contributed by atoms with Crippen molar-refractivity contribution in [1.82, 2.24) is 0 Å². The van der Waals surface area contributed by atoms with Gasteiger partial charge in [0.05, 0.1) is 5.41 Å². The van der Waals surface area contributed by atoms with Crippen molar-refractivity contribution in [3.8, 4) is 11.1 Å². The molecule has 6 rings (SSSR count). The van der Waals surface area contributed by atoms with Crippen LogP contribution in [0.5, 0.6) is 0 Å². The lowest BCUT2D eigenvalue weighted by atomic mass is 9.64. The van der Waals surface area contributed by atoms with Gasteiger partial charge in [-0.1, -0.05) is 96.3 Å². The van der Waals surface area contributed by atoms with Gasteiger partial charge in [0.1, 0.15) is 0 Å². The number of unbranched alkanes of at least 4 members (excludes halogenated alkanes) is 1. The fraction of sp³-hybridized carbons (Fsp3) is 0.172. The maximum Gasteiger partial charge on any atom is 0.0754 e. The first-order chi connectivity index (χ1) is 16.2. The molecule has 0 saturated carbocycles. The molecule has 33 heavy (non-hydrogen) atoms. The van der Waals surface area contributed by atoms with Gasteiger partial charge in [0, 0.05) is 32.2 Å². The van der Waals surface area contributed by atoms with Crippen molar-refractivity contribution < 1.29 is 0 Å². The summed E-state index contributed by atoms with van der Waals surface area (Å²) in [5.41, 5.74) is 10.3. The van der Waals surface area contributed by atoms with Crippen LogP contribution in [0.4, 0.5) is 11.4 Å². The van der Waals surface area contributed by atoms with Gasteiger partial charge >= 0.3 is 0 Å². The van der Waals surface area contributed by atoms with Gasteiger partial charge in [-0.15, -0.1) is 0 Å². The summed E-state index contributed by atoms with van der Waals surface area (Å²) in [6, 6.07) is 31.5. The number of hydrogen-bond acceptors (Lipinski definition) is 1. The van der Waals surface area contributed by atoms with E-state index < -0.39 is 0 Å². The number of benzene rings is 4. The Morgan fingerprint density at radius 1 is 0.606 bits per heavy atom. The van der Waals surface area contributed by atoms with E-state index in [1.54, 1.807) is 0 Å². The molecular formula is C29H22Br3N. The summed E-state index contributed by atoms with van der Waals surface area (Å²) in [4.78, 5) is 2.53. The predicted octanol–water partition coefficient (Wildman–Crippen LogP) is 9.20. The smallest absolute Gasteiger partial charge is 0.0754 e. The van der Waals surface area contributed by atoms with Crippen LogP contribution in [0.1, 0.15) is 35.1 Å². The summed E-state index contributed by atoms with van der Waals surface area (Å²) in [7, 11) is 0. The molecular weight excluding hydrogens is 602 g/mol. The van der Waals surface area contributed by atoms with Gasteiger partial charge in [-0.3, -0.25) is 0 Å². The van der Waals surface area contributed by atoms with E-state index in [4.69, 9.17) is 0 Å². The molecule has 164 valence electrons. The van der Waals surface area contributed by atoms with E-state index in [-0.39, 0.29) is 5.41 Å². The summed E-state index contributed by atoms with van der Waals surface area (Å²) in [5, 5.41) is 1.04. The fourth-order valence-electron chi connectivity index (χ4n) is 5.78. The predicted molar refractivity (Wildman–Crippen MR) is 149 cm³/mol. The maximum atomic E-state index is 3.78. The van der Waals surface area contributed by atoms with Crippen LogP contribution in [0.25, 0.3) is 11.1 Å². The lowest BCUT2D eigenvalue weighted by Gasteiger charge is -2.45. The van der Waals surface area contributed by atoms with E-state index in [2.05, 4.69) is 138 Å². The lowest BCUT2D eigenvalue weighted by molar-refractivity contribution is 0.716. The second-order valence-electron chi connectivity index (χ2n) is 8.71. The number of rotatable bonds is 4. The van der Waals surface area contributed by atoms with Gasteiger partial charge in [0.2, 0.25) is 0 Å². The monoisotopic (exact) mass is 621 g/mol. The molecule has 0 saturated heterocycles. The highest BCUT2D eigenvalue weighted by Crippen LogP contribution is 2.62. The Labute approximate surface area is 220 Å². The first kappa shape index (κ1) is 21.6. The zero-order valence-electron chi connectivity index (χ0n) is 18.0. The molecule has 1 nitrogen and oxygen atoms in total. The van der Waals surface area contributed by atoms with Gasteiger partial charge in [0.25, 0.3) is 0 Å². The highest BCUT2D eigenvalue weighted by molar-refractivity contribution is 9.10. The van der Waals surface area contributed by atoms with Crippen LogP contribution in [0, 0.1) is 0 Å². The number of nitrogens with zero attached hydrogens (tertiary/aromatic N) is 1. The molecule has 2 aliphatic rings. The Bertz CT molecular complexity index is 1280. The van der Waals surface area contributed by atoms with E-state index in [1.165, 1.54) is 44.8 Å².